The number of thioether (sulfide) groups is 1. The summed E-state index contributed by atoms with van der Waals surface area (Å²) in [7, 11) is 0. The van der Waals surface area contributed by atoms with Crippen molar-refractivity contribution < 1.29 is 4.42 Å². The van der Waals surface area contributed by atoms with Crippen LogP contribution in [0.3, 0.4) is 0 Å². The fraction of sp³-hybridized carbons (Fsp3) is 0.100. The highest BCUT2D eigenvalue weighted by Gasteiger charge is 2.15. The molecule has 2 aromatic carbocycles. The van der Waals surface area contributed by atoms with Crippen molar-refractivity contribution in [3.8, 4) is 11.5 Å². The van der Waals surface area contributed by atoms with Crippen LogP contribution in [0.5, 0.6) is 0 Å². The quantitative estimate of drug-likeness (QED) is 0.382. The van der Waals surface area contributed by atoms with Gasteiger partial charge in [0.2, 0.25) is 11.8 Å². The molecule has 0 aliphatic carbocycles. The first-order valence-corrected chi connectivity index (χ1v) is 10.0. The molecule has 0 aliphatic rings. The first kappa shape index (κ1) is 17.2. The number of halogens is 1. The lowest BCUT2D eigenvalue weighted by Gasteiger charge is -2.06. The van der Waals surface area contributed by atoms with Crippen LogP contribution in [-0.2, 0) is 5.75 Å². The van der Waals surface area contributed by atoms with E-state index in [1.54, 1.807) is 6.07 Å². The van der Waals surface area contributed by atoms with E-state index in [4.69, 9.17) is 16.0 Å². The lowest BCUT2D eigenvalue weighted by atomic mass is 10.1. The Balaban J connectivity index is 1.46. The predicted octanol–water partition coefficient (Wildman–Crippen LogP) is 5.19. The maximum absolute atomic E-state index is 6.21. The highest BCUT2D eigenvalue weighted by atomic mass is 35.5. The molecule has 0 fully saturated rings. The average molecular weight is 408 g/mol. The Bertz CT molecular complexity index is 1310. The Hall–Kier alpha value is -2.90. The Kier molecular flexibility index (Phi) is 4.26. The summed E-state index contributed by atoms with van der Waals surface area (Å²) in [5.74, 6) is 1.40. The van der Waals surface area contributed by atoms with Crippen LogP contribution in [0.25, 0.3) is 28.0 Å². The lowest BCUT2D eigenvalue weighted by molar-refractivity contribution is 0.528. The third-order valence-electron chi connectivity index (χ3n) is 4.47. The third-order valence-corrected chi connectivity index (χ3v) is 5.71. The van der Waals surface area contributed by atoms with E-state index in [0.29, 0.717) is 22.6 Å². The van der Waals surface area contributed by atoms with Crippen molar-refractivity contribution in [1.29, 1.82) is 0 Å². The summed E-state index contributed by atoms with van der Waals surface area (Å²) in [6.07, 6.45) is 0. The molecule has 0 atom stereocenters. The Morgan fingerprint density at radius 1 is 1.00 bits per heavy atom. The van der Waals surface area contributed by atoms with Gasteiger partial charge in [0.1, 0.15) is 0 Å². The standard InChI is InChI=1S/C20H14ClN5OS/c1-12-10-17-22-25-20(26(17)16-9-5-3-6-13(12)16)28-11-18-23-24-19(27-18)14-7-2-4-8-15(14)21/h2-10H,11H2,1H3. The highest BCUT2D eigenvalue weighted by Crippen LogP contribution is 2.30. The Labute approximate surface area is 169 Å². The second-order valence-electron chi connectivity index (χ2n) is 6.29. The molecule has 8 heteroatoms. The SMILES string of the molecule is Cc1cc2nnc(SCc3nnc(-c4ccccc4Cl)o3)n2c2ccccc12. The van der Waals surface area contributed by atoms with Crippen LogP contribution in [0.1, 0.15) is 11.5 Å². The van der Waals surface area contributed by atoms with Crippen molar-refractivity contribution in [3.05, 3.63) is 71.1 Å². The molecular weight excluding hydrogens is 394 g/mol. The van der Waals surface area contributed by atoms with Gasteiger partial charge in [-0.15, -0.1) is 20.4 Å². The van der Waals surface area contributed by atoms with Crippen molar-refractivity contribution >= 4 is 39.9 Å². The number of rotatable bonds is 4. The van der Waals surface area contributed by atoms with Gasteiger partial charge in [-0.3, -0.25) is 4.40 Å². The number of hydrogen-bond acceptors (Lipinski definition) is 6. The van der Waals surface area contributed by atoms with Gasteiger partial charge in [-0.1, -0.05) is 53.7 Å². The molecule has 138 valence electrons. The van der Waals surface area contributed by atoms with E-state index in [9.17, 15) is 0 Å². The van der Waals surface area contributed by atoms with Gasteiger partial charge >= 0.3 is 0 Å². The molecule has 28 heavy (non-hydrogen) atoms. The van der Waals surface area contributed by atoms with E-state index in [1.165, 1.54) is 22.7 Å². The molecule has 0 unspecified atom stereocenters. The number of aryl methyl sites for hydroxylation is 1. The Morgan fingerprint density at radius 3 is 2.71 bits per heavy atom. The molecule has 5 aromatic rings. The number of fused-ring (bicyclic) bond motifs is 3. The molecule has 0 saturated heterocycles. The number of benzene rings is 2. The maximum Gasteiger partial charge on any atom is 0.249 e. The van der Waals surface area contributed by atoms with Crippen LogP contribution in [0, 0.1) is 6.92 Å². The van der Waals surface area contributed by atoms with Crippen LogP contribution < -0.4 is 0 Å². The molecule has 0 amide bonds. The summed E-state index contributed by atoms with van der Waals surface area (Å²) in [6, 6.07) is 17.7. The molecule has 0 radical (unpaired) electrons. The van der Waals surface area contributed by atoms with Gasteiger partial charge in [-0.05, 0) is 36.8 Å². The van der Waals surface area contributed by atoms with Crippen LogP contribution in [0.15, 0.2) is 64.2 Å². The van der Waals surface area contributed by atoms with Crippen molar-refractivity contribution in [1.82, 2.24) is 24.8 Å². The Morgan fingerprint density at radius 2 is 1.82 bits per heavy atom. The van der Waals surface area contributed by atoms with E-state index in [0.717, 1.165) is 21.9 Å². The number of hydrogen-bond donors (Lipinski definition) is 0. The van der Waals surface area contributed by atoms with E-state index in [2.05, 4.69) is 43.9 Å². The molecule has 0 N–H and O–H groups in total. The highest BCUT2D eigenvalue weighted by molar-refractivity contribution is 7.98. The largest absolute Gasteiger partial charge is 0.420 e. The zero-order valence-corrected chi connectivity index (χ0v) is 16.4. The first-order chi connectivity index (χ1) is 13.7. The molecule has 6 nitrogen and oxygen atoms in total. The van der Waals surface area contributed by atoms with Gasteiger partial charge in [-0.2, -0.15) is 0 Å². The minimum absolute atomic E-state index is 0.411. The van der Waals surface area contributed by atoms with Crippen molar-refractivity contribution in [2.24, 2.45) is 0 Å². The minimum Gasteiger partial charge on any atom is -0.420 e. The second-order valence-corrected chi connectivity index (χ2v) is 7.64. The van der Waals surface area contributed by atoms with Crippen molar-refractivity contribution in [2.45, 2.75) is 17.8 Å². The van der Waals surface area contributed by atoms with Gasteiger partial charge in [0.15, 0.2) is 10.8 Å². The van der Waals surface area contributed by atoms with E-state index >= 15 is 0 Å². The van der Waals surface area contributed by atoms with Gasteiger partial charge in [0, 0.05) is 5.39 Å². The van der Waals surface area contributed by atoms with Crippen molar-refractivity contribution in [3.63, 3.8) is 0 Å². The summed E-state index contributed by atoms with van der Waals surface area (Å²) in [4.78, 5) is 0. The van der Waals surface area contributed by atoms with Crippen molar-refractivity contribution in [2.75, 3.05) is 0 Å². The molecule has 0 saturated carbocycles. The summed E-state index contributed by atoms with van der Waals surface area (Å²) >= 11 is 7.71. The molecule has 3 aromatic heterocycles. The summed E-state index contributed by atoms with van der Waals surface area (Å²) < 4.78 is 7.84. The van der Waals surface area contributed by atoms with E-state index in [-0.39, 0.29) is 0 Å². The third kappa shape index (κ3) is 2.93. The molecular formula is C20H14ClN5OS. The molecule has 5 rings (SSSR count). The normalized spacial score (nSPS) is 11.5. The smallest absolute Gasteiger partial charge is 0.249 e. The van der Waals surface area contributed by atoms with Gasteiger partial charge in [-0.25, -0.2) is 0 Å². The number of para-hydroxylation sites is 1. The number of pyridine rings is 1. The van der Waals surface area contributed by atoms with Crippen LogP contribution in [0.2, 0.25) is 5.02 Å². The van der Waals surface area contributed by atoms with E-state index < -0.39 is 0 Å². The fourth-order valence-electron chi connectivity index (χ4n) is 3.15. The fourth-order valence-corrected chi connectivity index (χ4v) is 4.16. The zero-order chi connectivity index (χ0) is 19.1. The van der Waals surface area contributed by atoms with Gasteiger partial charge in [0.25, 0.3) is 0 Å². The van der Waals surface area contributed by atoms with Gasteiger partial charge in [0.05, 0.1) is 21.9 Å². The summed E-state index contributed by atoms with van der Waals surface area (Å²) in [6.45, 7) is 2.08. The molecule has 0 spiro atoms. The first-order valence-electron chi connectivity index (χ1n) is 8.64. The molecule has 3 heterocycles. The second kappa shape index (κ2) is 6.92. The number of nitrogens with zero attached hydrogens (tertiary/aromatic N) is 5. The van der Waals surface area contributed by atoms with Crippen LogP contribution in [-0.4, -0.2) is 24.8 Å². The lowest BCUT2D eigenvalue weighted by Crippen LogP contribution is -1.93. The topological polar surface area (TPSA) is 69.1 Å². The maximum atomic E-state index is 6.21. The minimum atomic E-state index is 0.411. The zero-order valence-electron chi connectivity index (χ0n) is 14.8. The monoisotopic (exact) mass is 407 g/mol. The molecule has 0 bridgehead atoms. The van der Waals surface area contributed by atoms with E-state index in [1.807, 2.05) is 36.4 Å². The van der Waals surface area contributed by atoms with Crippen LogP contribution >= 0.6 is 23.4 Å². The molecule has 0 aliphatic heterocycles. The summed E-state index contributed by atoms with van der Waals surface area (Å²) in [5, 5.41) is 19.4. The van der Waals surface area contributed by atoms with Crippen LogP contribution in [0.4, 0.5) is 0 Å². The predicted molar refractivity (Wildman–Crippen MR) is 110 cm³/mol. The average Bonchev–Trinajstić information content (AvgIpc) is 3.34. The van der Waals surface area contributed by atoms with Gasteiger partial charge < -0.3 is 4.42 Å². The summed E-state index contributed by atoms with van der Waals surface area (Å²) in [5.41, 5.74) is 3.80. The number of aromatic nitrogens is 5.